The monoisotopic (exact) mass is 283 g/mol. The van der Waals surface area contributed by atoms with E-state index < -0.39 is 0 Å². The molecule has 1 aromatic heterocycles. The zero-order valence-corrected chi connectivity index (χ0v) is 12.8. The number of aromatic nitrogens is 1. The van der Waals surface area contributed by atoms with Gasteiger partial charge in [0.15, 0.2) is 0 Å². The normalized spacial score (nSPS) is 28.6. The van der Waals surface area contributed by atoms with Crippen LogP contribution in [0.25, 0.3) is 10.9 Å². The van der Waals surface area contributed by atoms with Crippen molar-refractivity contribution in [1.29, 1.82) is 0 Å². The Morgan fingerprint density at radius 1 is 1.14 bits per heavy atom. The molecule has 112 valence electrons. The Morgan fingerprint density at radius 2 is 1.90 bits per heavy atom. The van der Waals surface area contributed by atoms with E-state index in [1.807, 2.05) is 0 Å². The number of fused-ring (bicyclic) bond motifs is 3. The highest BCUT2D eigenvalue weighted by Gasteiger charge is 2.35. The van der Waals surface area contributed by atoms with Gasteiger partial charge in [-0.3, -0.25) is 4.90 Å². The van der Waals surface area contributed by atoms with E-state index in [1.165, 1.54) is 42.1 Å². The topological polar surface area (TPSA) is 31.1 Å². The number of hydrogen-bond donors (Lipinski definition) is 2. The second kappa shape index (κ2) is 5.47. The van der Waals surface area contributed by atoms with Crippen molar-refractivity contribution in [3.63, 3.8) is 0 Å². The van der Waals surface area contributed by atoms with E-state index in [1.54, 1.807) is 0 Å². The fraction of sp³-hybridized carbons (Fsp3) is 0.556. The van der Waals surface area contributed by atoms with Crippen LogP contribution in [0, 0.1) is 0 Å². The summed E-state index contributed by atoms with van der Waals surface area (Å²) in [5, 5.41) is 5.14. The van der Waals surface area contributed by atoms with E-state index in [0.29, 0.717) is 0 Å². The number of benzene rings is 1. The van der Waals surface area contributed by atoms with E-state index in [-0.39, 0.29) is 0 Å². The predicted molar refractivity (Wildman–Crippen MR) is 87.4 cm³/mol. The molecule has 2 N–H and O–H groups in total. The first kappa shape index (κ1) is 13.4. The molecule has 3 heteroatoms. The number of H-pyrrole nitrogens is 1. The molecule has 0 radical (unpaired) electrons. The average Bonchev–Trinajstić information content (AvgIpc) is 3.08. The molecule has 0 amide bonds. The first-order valence-electron chi connectivity index (χ1n) is 8.38. The Balaban J connectivity index is 1.54. The van der Waals surface area contributed by atoms with Gasteiger partial charge in [0, 0.05) is 41.8 Å². The van der Waals surface area contributed by atoms with E-state index in [0.717, 1.165) is 31.2 Å². The average molecular weight is 283 g/mol. The van der Waals surface area contributed by atoms with Gasteiger partial charge in [-0.1, -0.05) is 25.1 Å². The largest absolute Gasteiger partial charge is 0.361 e. The van der Waals surface area contributed by atoms with Crippen molar-refractivity contribution < 1.29 is 0 Å². The summed E-state index contributed by atoms with van der Waals surface area (Å²) in [4.78, 5) is 6.09. The summed E-state index contributed by atoms with van der Waals surface area (Å²) >= 11 is 0. The molecule has 2 aliphatic rings. The summed E-state index contributed by atoms with van der Waals surface area (Å²) in [5.41, 5.74) is 2.70. The van der Waals surface area contributed by atoms with Gasteiger partial charge in [0.2, 0.25) is 0 Å². The second-order valence-corrected chi connectivity index (χ2v) is 6.69. The van der Waals surface area contributed by atoms with Crippen molar-refractivity contribution in [2.45, 2.75) is 57.3 Å². The molecule has 3 nitrogen and oxygen atoms in total. The number of rotatable bonds is 4. The van der Waals surface area contributed by atoms with Crippen LogP contribution in [-0.4, -0.2) is 34.6 Å². The Kier molecular flexibility index (Phi) is 3.48. The molecule has 0 spiro atoms. The van der Waals surface area contributed by atoms with Gasteiger partial charge in [-0.05, 0) is 43.9 Å². The maximum atomic E-state index is 3.75. The molecule has 2 fully saturated rings. The summed E-state index contributed by atoms with van der Waals surface area (Å²) in [7, 11) is 0. The molecule has 2 bridgehead atoms. The maximum Gasteiger partial charge on any atom is 0.0457 e. The molecule has 1 aromatic carbocycles. The van der Waals surface area contributed by atoms with Gasteiger partial charge in [0.25, 0.3) is 0 Å². The third kappa shape index (κ3) is 2.49. The third-order valence-electron chi connectivity index (χ3n) is 5.42. The van der Waals surface area contributed by atoms with E-state index in [4.69, 9.17) is 0 Å². The van der Waals surface area contributed by atoms with Crippen molar-refractivity contribution in [3.8, 4) is 0 Å². The van der Waals surface area contributed by atoms with Gasteiger partial charge in [-0.15, -0.1) is 0 Å². The van der Waals surface area contributed by atoms with Crippen LogP contribution < -0.4 is 5.32 Å². The van der Waals surface area contributed by atoms with Gasteiger partial charge < -0.3 is 10.3 Å². The molecule has 4 rings (SSSR count). The number of nitrogens with zero attached hydrogens (tertiary/aromatic N) is 1. The van der Waals surface area contributed by atoms with Crippen LogP contribution in [0.1, 0.15) is 38.2 Å². The van der Waals surface area contributed by atoms with Crippen LogP contribution in [0.2, 0.25) is 0 Å². The minimum absolute atomic E-state index is 0.752. The number of piperidine rings is 1. The third-order valence-corrected chi connectivity index (χ3v) is 5.42. The summed E-state index contributed by atoms with van der Waals surface area (Å²) in [6.45, 7) is 4.52. The Morgan fingerprint density at radius 3 is 2.67 bits per heavy atom. The van der Waals surface area contributed by atoms with Crippen LogP contribution in [0.15, 0.2) is 30.5 Å². The summed E-state index contributed by atoms with van der Waals surface area (Å²) in [6, 6.07) is 10.9. The number of para-hydroxylation sites is 1. The summed E-state index contributed by atoms with van der Waals surface area (Å²) in [6.07, 6.45) is 7.61. The molecule has 2 unspecified atom stereocenters. The van der Waals surface area contributed by atoms with Crippen molar-refractivity contribution in [2.24, 2.45) is 0 Å². The van der Waals surface area contributed by atoms with Crippen molar-refractivity contribution in [3.05, 3.63) is 36.0 Å². The van der Waals surface area contributed by atoms with Crippen molar-refractivity contribution in [1.82, 2.24) is 15.2 Å². The van der Waals surface area contributed by atoms with Crippen molar-refractivity contribution >= 4 is 10.9 Å². The Bertz CT molecular complexity index is 606. The Labute approximate surface area is 126 Å². The van der Waals surface area contributed by atoms with Crippen LogP contribution >= 0.6 is 0 Å². The minimum atomic E-state index is 0.752. The van der Waals surface area contributed by atoms with Gasteiger partial charge in [-0.25, -0.2) is 0 Å². The van der Waals surface area contributed by atoms with E-state index in [9.17, 15) is 0 Å². The number of hydrogen-bond acceptors (Lipinski definition) is 2. The lowest BCUT2D eigenvalue weighted by atomic mass is 9.97. The van der Waals surface area contributed by atoms with E-state index in [2.05, 4.69) is 52.6 Å². The lowest BCUT2D eigenvalue weighted by Crippen LogP contribution is -2.47. The standard InChI is InChI=1S/C18H25N3/c1-2-21(16-9-14-7-8-15(10-16)20-14)12-13-11-19-18-6-4-3-5-17(13)18/h3-6,11,14-16,19-20H,2,7-10,12H2,1H3. The van der Waals surface area contributed by atoms with Crippen LogP contribution in [-0.2, 0) is 6.54 Å². The maximum absolute atomic E-state index is 3.75. The predicted octanol–water partition coefficient (Wildman–Crippen LogP) is 3.27. The molecule has 0 aliphatic carbocycles. The first-order chi connectivity index (χ1) is 10.3. The molecular formula is C18H25N3. The number of nitrogens with one attached hydrogen (secondary N) is 2. The van der Waals surface area contributed by atoms with Gasteiger partial charge >= 0.3 is 0 Å². The Hall–Kier alpha value is -1.32. The SMILES string of the molecule is CCN(Cc1c[nH]c2ccccc12)C1CC2CCC(C1)N2. The van der Waals surface area contributed by atoms with Crippen molar-refractivity contribution in [2.75, 3.05) is 6.54 Å². The highest BCUT2D eigenvalue weighted by Crippen LogP contribution is 2.31. The van der Waals surface area contributed by atoms with E-state index >= 15 is 0 Å². The fourth-order valence-corrected chi connectivity index (χ4v) is 4.31. The lowest BCUT2D eigenvalue weighted by molar-refractivity contribution is 0.141. The molecule has 2 saturated heterocycles. The highest BCUT2D eigenvalue weighted by atomic mass is 15.2. The molecule has 2 aliphatic heterocycles. The van der Waals surface area contributed by atoms with Crippen LogP contribution in [0.3, 0.4) is 0 Å². The molecule has 0 saturated carbocycles. The molecular weight excluding hydrogens is 258 g/mol. The summed E-state index contributed by atoms with van der Waals surface area (Å²) < 4.78 is 0. The zero-order chi connectivity index (χ0) is 14.2. The summed E-state index contributed by atoms with van der Waals surface area (Å²) in [5.74, 6) is 0. The van der Waals surface area contributed by atoms with Crippen LogP contribution in [0.4, 0.5) is 0 Å². The van der Waals surface area contributed by atoms with Crippen LogP contribution in [0.5, 0.6) is 0 Å². The quantitative estimate of drug-likeness (QED) is 0.902. The minimum Gasteiger partial charge on any atom is -0.361 e. The second-order valence-electron chi connectivity index (χ2n) is 6.69. The van der Waals surface area contributed by atoms with Gasteiger partial charge in [0.05, 0.1) is 0 Å². The lowest BCUT2D eigenvalue weighted by Gasteiger charge is -2.37. The molecule has 2 aromatic rings. The number of aromatic amines is 1. The molecule has 21 heavy (non-hydrogen) atoms. The molecule has 3 heterocycles. The van der Waals surface area contributed by atoms with Gasteiger partial charge in [-0.2, -0.15) is 0 Å². The zero-order valence-electron chi connectivity index (χ0n) is 12.8. The fourth-order valence-electron chi connectivity index (χ4n) is 4.31. The highest BCUT2D eigenvalue weighted by molar-refractivity contribution is 5.82. The molecule has 2 atom stereocenters. The van der Waals surface area contributed by atoms with Gasteiger partial charge in [0.1, 0.15) is 0 Å². The first-order valence-corrected chi connectivity index (χ1v) is 8.38. The smallest absolute Gasteiger partial charge is 0.0457 e.